The fourth-order valence-corrected chi connectivity index (χ4v) is 1.85. The SMILES string of the molecule is COc1ccc([C@@H](C#N)NCc2ccccc2)cc1. The van der Waals surface area contributed by atoms with Crippen LogP contribution in [-0.2, 0) is 6.54 Å². The van der Waals surface area contributed by atoms with Gasteiger partial charge < -0.3 is 4.74 Å². The van der Waals surface area contributed by atoms with Crippen LogP contribution in [-0.4, -0.2) is 7.11 Å². The molecule has 0 aliphatic rings. The monoisotopic (exact) mass is 252 g/mol. The Balaban J connectivity index is 2.02. The van der Waals surface area contributed by atoms with Crippen LogP contribution in [0.25, 0.3) is 0 Å². The van der Waals surface area contributed by atoms with Crippen molar-refractivity contribution in [3.05, 3.63) is 65.7 Å². The third-order valence-corrected chi connectivity index (χ3v) is 2.93. The van der Waals surface area contributed by atoms with Crippen LogP contribution in [0.1, 0.15) is 17.2 Å². The molecule has 0 spiro atoms. The second kappa shape index (κ2) is 6.58. The second-order valence-corrected chi connectivity index (χ2v) is 4.20. The van der Waals surface area contributed by atoms with Crippen molar-refractivity contribution in [2.24, 2.45) is 0 Å². The summed E-state index contributed by atoms with van der Waals surface area (Å²) in [7, 11) is 1.63. The van der Waals surface area contributed by atoms with Gasteiger partial charge in [0.1, 0.15) is 11.8 Å². The molecule has 0 aliphatic carbocycles. The summed E-state index contributed by atoms with van der Waals surface area (Å²) in [5.41, 5.74) is 2.11. The van der Waals surface area contributed by atoms with Gasteiger partial charge in [0, 0.05) is 6.54 Å². The highest BCUT2D eigenvalue weighted by Crippen LogP contribution is 2.17. The van der Waals surface area contributed by atoms with Crippen LogP contribution in [0.2, 0.25) is 0 Å². The molecular weight excluding hydrogens is 236 g/mol. The lowest BCUT2D eigenvalue weighted by molar-refractivity contribution is 0.414. The summed E-state index contributed by atoms with van der Waals surface area (Å²) in [6.45, 7) is 0.672. The third kappa shape index (κ3) is 3.57. The van der Waals surface area contributed by atoms with Crippen molar-refractivity contribution in [1.29, 1.82) is 5.26 Å². The molecule has 0 heterocycles. The summed E-state index contributed by atoms with van der Waals surface area (Å²) >= 11 is 0. The Kier molecular flexibility index (Phi) is 4.54. The number of nitrogens with one attached hydrogen (secondary N) is 1. The molecule has 0 bridgehead atoms. The number of hydrogen-bond donors (Lipinski definition) is 1. The number of rotatable bonds is 5. The Morgan fingerprint density at radius 1 is 1.11 bits per heavy atom. The number of nitriles is 1. The second-order valence-electron chi connectivity index (χ2n) is 4.20. The van der Waals surface area contributed by atoms with Gasteiger partial charge in [-0.1, -0.05) is 42.5 Å². The molecule has 0 aliphatic heterocycles. The molecule has 96 valence electrons. The number of hydrogen-bond acceptors (Lipinski definition) is 3. The highest BCUT2D eigenvalue weighted by Gasteiger charge is 2.09. The quantitative estimate of drug-likeness (QED) is 0.889. The van der Waals surface area contributed by atoms with Crippen molar-refractivity contribution >= 4 is 0 Å². The molecular formula is C16H16N2O. The largest absolute Gasteiger partial charge is 0.497 e. The molecule has 0 amide bonds. The summed E-state index contributed by atoms with van der Waals surface area (Å²) in [4.78, 5) is 0. The average Bonchev–Trinajstić information content (AvgIpc) is 2.49. The minimum absolute atomic E-state index is 0.314. The van der Waals surface area contributed by atoms with Gasteiger partial charge in [0.15, 0.2) is 0 Å². The van der Waals surface area contributed by atoms with Crippen molar-refractivity contribution < 1.29 is 4.74 Å². The molecule has 19 heavy (non-hydrogen) atoms. The van der Waals surface area contributed by atoms with E-state index in [2.05, 4.69) is 11.4 Å². The van der Waals surface area contributed by atoms with Crippen LogP contribution in [0.3, 0.4) is 0 Å². The topological polar surface area (TPSA) is 45.0 Å². The summed E-state index contributed by atoms with van der Waals surface area (Å²) in [6.07, 6.45) is 0. The van der Waals surface area contributed by atoms with Gasteiger partial charge in [0.2, 0.25) is 0 Å². The number of ether oxygens (including phenoxy) is 1. The molecule has 3 nitrogen and oxygen atoms in total. The van der Waals surface area contributed by atoms with Gasteiger partial charge in [0.25, 0.3) is 0 Å². The van der Waals surface area contributed by atoms with Gasteiger partial charge in [0.05, 0.1) is 13.2 Å². The van der Waals surface area contributed by atoms with E-state index in [0.29, 0.717) is 6.54 Å². The molecule has 0 saturated carbocycles. The minimum atomic E-state index is -0.314. The summed E-state index contributed by atoms with van der Waals surface area (Å²) in [5, 5.41) is 12.5. The Morgan fingerprint density at radius 3 is 2.37 bits per heavy atom. The predicted molar refractivity (Wildman–Crippen MR) is 74.6 cm³/mol. The fourth-order valence-electron chi connectivity index (χ4n) is 1.85. The minimum Gasteiger partial charge on any atom is -0.497 e. The van der Waals surface area contributed by atoms with Crippen molar-refractivity contribution in [2.45, 2.75) is 12.6 Å². The first-order chi connectivity index (χ1) is 9.33. The standard InChI is InChI=1S/C16H16N2O/c1-19-15-9-7-14(8-10-15)16(11-17)18-12-13-5-3-2-4-6-13/h2-10,16,18H,12H2,1H3/t16-/m1/s1. The molecule has 2 aromatic carbocycles. The molecule has 3 heteroatoms. The average molecular weight is 252 g/mol. The lowest BCUT2D eigenvalue weighted by Crippen LogP contribution is -2.19. The van der Waals surface area contributed by atoms with Crippen molar-refractivity contribution in [2.75, 3.05) is 7.11 Å². The van der Waals surface area contributed by atoms with E-state index in [4.69, 9.17) is 4.74 Å². The normalized spacial score (nSPS) is 11.6. The number of nitrogens with zero attached hydrogens (tertiary/aromatic N) is 1. The van der Waals surface area contributed by atoms with Crippen LogP contribution in [0.4, 0.5) is 0 Å². The third-order valence-electron chi connectivity index (χ3n) is 2.93. The Bertz CT molecular complexity index is 543. The number of methoxy groups -OCH3 is 1. The van der Waals surface area contributed by atoms with Crippen LogP contribution in [0.15, 0.2) is 54.6 Å². The Labute approximate surface area is 113 Å². The maximum Gasteiger partial charge on any atom is 0.121 e. The molecule has 0 saturated heterocycles. The van der Waals surface area contributed by atoms with Crippen LogP contribution in [0, 0.1) is 11.3 Å². The van der Waals surface area contributed by atoms with Crippen molar-refractivity contribution in [1.82, 2.24) is 5.32 Å². The molecule has 1 atom stereocenters. The smallest absolute Gasteiger partial charge is 0.121 e. The zero-order chi connectivity index (χ0) is 13.5. The van der Waals surface area contributed by atoms with Crippen molar-refractivity contribution in [3.63, 3.8) is 0 Å². The molecule has 0 fully saturated rings. The van der Waals surface area contributed by atoms with Gasteiger partial charge >= 0.3 is 0 Å². The first-order valence-corrected chi connectivity index (χ1v) is 6.14. The van der Waals surface area contributed by atoms with Gasteiger partial charge in [-0.15, -0.1) is 0 Å². The first-order valence-electron chi connectivity index (χ1n) is 6.14. The van der Waals surface area contributed by atoms with E-state index in [1.807, 2.05) is 54.6 Å². The Morgan fingerprint density at radius 2 is 1.79 bits per heavy atom. The van der Waals surface area contributed by atoms with Crippen LogP contribution >= 0.6 is 0 Å². The van der Waals surface area contributed by atoms with Crippen molar-refractivity contribution in [3.8, 4) is 11.8 Å². The first kappa shape index (κ1) is 13.1. The van der Waals surface area contributed by atoms with E-state index in [1.165, 1.54) is 0 Å². The molecule has 1 N–H and O–H groups in total. The molecule has 0 radical (unpaired) electrons. The highest BCUT2D eigenvalue weighted by atomic mass is 16.5. The van der Waals surface area contributed by atoms with E-state index in [9.17, 15) is 5.26 Å². The maximum absolute atomic E-state index is 9.24. The van der Waals surface area contributed by atoms with E-state index in [-0.39, 0.29) is 6.04 Å². The van der Waals surface area contributed by atoms with E-state index in [1.54, 1.807) is 7.11 Å². The number of benzene rings is 2. The van der Waals surface area contributed by atoms with E-state index < -0.39 is 0 Å². The molecule has 2 rings (SSSR count). The summed E-state index contributed by atoms with van der Waals surface area (Å²) in [6, 6.07) is 19.5. The van der Waals surface area contributed by atoms with Gasteiger partial charge in [-0.3, -0.25) is 5.32 Å². The highest BCUT2D eigenvalue weighted by molar-refractivity contribution is 5.31. The fraction of sp³-hybridized carbons (Fsp3) is 0.188. The maximum atomic E-state index is 9.24. The molecule has 0 aromatic heterocycles. The summed E-state index contributed by atoms with van der Waals surface area (Å²) < 4.78 is 5.11. The van der Waals surface area contributed by atoms with Gasteiger partial charge in [-0.25, -0.2) is 0 Å². The van der Waals surface area contributed by atoms with E-state index in [0.717, 1.165) is 16.9 Å². The molecule has 0 unspecified atom stereocenters. The lowest BCUT2D eigenvalue weighted by atomic mass is 10.1. The molecule has 2 aromatic rings. The van der Waals surface area contributed by atoms with Crippen LogP contribution in [0.5, 0.6) is 5.75 Å². The zero-order valence-corrected chi connectivity index (χ0v) is 10.8. The zero-order valence-electron chi connectivity index (χ0n) is 10.8. The van der Waals surface area contributed by atoms with Crippen LogP contribution < -0.4 is 10.1 Å². The lowest BCUT2D eigenvalue weighted by Gasteiger charge is -2.12. The Hall–Kier alpha value is -2.31. The summed E-state index contributed by atoms with van der Waals surface area (Å²) in [5.74, 6) is 0.795. The van der Waals surface area contributed by atoms with E-state index >= 15 is 0 Å². The predicted octanol–water partition coefficient (Wildman–Crippen LogP) is 3.05. The van der Waals surface area contributed by atoms with Gasteiger partial charge in [-0.05, 0) is 23.3 Å². The van der Waals surface area contributed by atoms with Gasteiger partial charge in [-0.2, -0.15) is 5.26 Å².